The maximum atomic E-state index is 15.0. The molecule has 2 atom stereocenters. The maximum absolute atomic E-state index is 15.0. The van der Waals surface area contributed by atoms with E-state index < -0.39 is 11.6 Å². The van der Waals surface area contributed by atoms with Crippen molar-refractivity contribution in [2.45, 2.75) is 45.6 Å². The second-order valence-corrected chi connectivity index (χ2v) is 10.0. The first-order valence-corrected chi connectivity index (χ1v) is 12.7. The fraction of sp³-hybridized carbons (Fsp3) is 0.407. The first-order chi connectivity index (χ1) is 18.4. The van der Waals surface area contributed by atoms with Crippen molar-refractivity contribution < 1.29 is 18.3 Å². The molecule has 2 fully saturated rings. The summed E-state index contributed by atoms with van der Waals surface area (Å²) in [6, 6.07) is 6.83. The molecule has 4 aromatic rings. The molecule has 198 valence electrons. The number of rotatable bonds is 6. The summed E-state index contributed by atoms with van der Waals surface area (Å²) in [5.74, 6) is 0.192. The fourth-order valence-corrected chi connectivity index (χ4v) is 5.32. The number of imidazole rings is 1. The molecule has 0 amide bonds. The molecule has 3 aromatic heterocycles. The van der Waals surface area contributed by atoms with Crippen molar-refractivity contribution in [1.29, 1.82) is 0 Å². The molecule has 5 heterocycles. The third-order valence-electron chi connectivity index (χ3n) is 6.97. The number of pyridine rings is 1. The average molecular weight is 522 g/mol. The Kier molecular flexibility index (Phi) is 6.50. The molecule has 0 aliphatic carbocycles. The highest BCUT2D eigenvalue weighted by molar-refractivity contribution is 5.83. The van der Waals surface area contributed by atoms with Gasteiger partial charge in [-0.1, -0.05) is 6.07 Å². The van der Waals surface area contributed by atoms with Gasteiger partial charge in [0.1, 0.15) is 22.9 Å². The normalized spacial score (nSPS) is 19.8. The molecule has 6 rings (SSSR count). The van der Waals surface area contributed by atoms with Crippen LogP contribution in [0.2, 0.25) is 0 Å². The number of nitrogens with zero attached hydrogens (tertiary/aromatic N) is 6. The van der Waals surface area contributed by atoms with E-state index in [4.69, 9.17) is 9.47 Å². The van der Waals surface area contributed by atoms with Gasteiger partial charge >= 0.3 is 0 Å². The number of fused-ring (bicyclic) bond motifs is 2. The van der Waals surface area contributed by atoms with E-state index in [0.717, 1.165) is 31.4 Å². The topological polar surface area (TPSA) is 90.2 Å². The van der Waals surface area contributed by atoms with Gasteiger partial charge in [-0.05, 0) is 44.5 Å². The molecule has 9 nitrogen and oxygen atoms in total. The molecule has 2 aliphatic rings. The van der Waals surface area contributed by atoms with Crippen molar-refractivity contribution in [3.8, 4) is 11.3 Å². The number of hydrogen-bond donors (Lipinski definition) is 1. The fourth-order valence-electron chi connectivity index (χ4n) is 5.32. The van der Waals surface area contributed by atoms with Gasteiger partial charge in [-0.2, -0.15) is 0 Å². The summed E-state index contributed by atoms with van der Waals surface area (Å²) in [6.07, 6.45) is 3.12. The van der Waals surface area contributed by atoms with Crippen molar-refractivity contribution in [3.05, 3.63) is 59.7 Å². The van der Waals surface area contributed by atoms with E-state index >= 15 is 0 Å². The van der Waals surface area contributed by atoms with Gasteiger partial charge in [0, 0.05) is 37.4 Å². The van der Waals surface area contributed by atoms with Crippen molar-refractivity contribution >= 4 is 22.8 Å². The van der Waals surface area contributed by atoms with Crippen LogP contribution in [0.4, 0.5) is 20.5 Å². The standard InChI is InChI=1S/C27H29F2N7O2/c1-15(2)36-16(3)32-26-19(28)8-18(9-21(26)36)25-20(29)11-31-27(34-25)33-24-5-4-17(10-30-24)12-35-13-22-23(14-35)38-7-6-37-22/h4-5,8-11,15,22-23H,6-7,12-14H2,1-3H3,(H,30,31,33,34)/t22-,23+. The minimum absolute atomic E-state index is 0.00554. The van der Waals surface area contributed by atoms with Crippen molar-refractivity contribution in [2.75, 3.05) is 31.6 Å². The molecule has 38 heavy (non-hydrogen) atoms. The largest absolute Gasteiger partial charge is 0.372 e. The zero-order chi connectivity index (χ0) is 26.4. The van der Waals surface area contributed by atoms with Crippen molar-refractivity contribution in [3.63, 3.8) is 0 Å². The van der Waals surface area contributed by atoms with Gasteiger partial charge in [-0.25, -0.2) is 28.7 Å². The Balaban J connectivity index is 1.20. The Bertz CT molecular complexity index is 1460. The summed E-state index contributed by atoms with van der Waals surface area (Å²) in [6.45, 7) is 9.51. The summed E-state index contributed by atoms with van der Waals surface area (Å²) in [5.41, 5.74) is 2.20. The van der Waals surface area contributed by atoms with E-state index in [1.807, 2.05) is 37.5 Å². The predicted octanol–water partition coefficient (Wildman–Crippen LogP) is 4.40. The zero-order valence-corrected chi connectivity index (χ0v) is 21.5. The third-order valence-corrected chi connectivity index (χ3v) is 6.97. The first kappa shape index (κ1) is 24.8. The van der Waals surface area contributed by atoms with E-state index in [2.05, 4.69) is 30.2 Å². The Morgan fingerprint density at radius 3 is 2.45 bits per heavy atom. The monoisotopic (exact) mass is 521 g/mol. The number of hydrogen-bond acceptors (Lipinski definition) is 8. The molecule has 0 bridgehead atoms. The van der Waals surface area contributed by atoms with Gasteiger partial charge < -0.3 is 19.4 Å². The van der Waals surface area contributed by atoms with Crippen molar-refractivity contribution in [1.82, 2.24) is 29.4 Å². The van der Waals surface area contributed by atoms with Crippen LogP contribution >= 0.6 is 0 Å². The highest BCUT2D eigenvalue weighted by Crippen LogP contribution is 2.30. The second kappa shape index (κ2) is 9.97. The van der Waals surface area contributed by atoms with E-state index in [1.54, 1.807) is 12.3 Å². The zero-order valence-electron chi connectivity index (χ0n) is 21.5. The molecule has 0 unspecified atom stereocenters. The molecule has 2 aliphatic heterocycles. The van der Waals surface area contributed by atoms with Crippen LogP contribution in [-0.4, -0.2) is 67.9 Å². The Labute approximate surface area is 218 Å². The van der Waals surface area contributed by atoms with E-state index in [1.165, 1.54) is 6.07 Å². The smallest absolute Gasteiger partial charge is 0.229 e. The quantitative estimate of drug-likeness (QED) is 0.399. The van der Waals surface area contributed by atoms with Gasteiger partial charge in [0.25, 0.3) is 0 Å². The molecular formula is C27H29F2N7O2. The van der Waals surface area contributed by atoms with Crippen molar-refractivity contribution in [2.24, 2.45) is 0 Å². The molecule has 1 aromatic carbocycles. The van der Waals surface area contributed by atoms with Crippen LogP contribution in [-0.2, 0) is 16.0 Å². The number of nitrogens with one attached hydrogen (secondary N) is 1. The number of anilines is 2. The first-order valence-electron chi connectivity index (χ1n) is 12.7. The van der Waals surface area contributed by atoms with Crippen LogP contribution in [0.3, 0.4) is 0 Å². The molecule has 0 spiro atoms. The van der Waals surface area contributed by atoms with Crippen LogP contribution < -0.4 is 5.32 Å². The summed E-state index contributed by atoms with van der Waals surface area (Å²) >= 11 is 0. The predicted molar refractivity (Wildman–Crippen MR) is 138 cm³/mol. The van der Waals surface area contributed by atoms with Crippen LogP contribution in [0.15, 0.2) is 36.7 Å². The minimum Gasteiger partial charge on any atom is -0.372 e. The van der Waals surface area contributed by atoms with E-state index in [-0.39, 0.29) is 35.4 Å². The van der Waals surface area contributed by atoms with Crippen LogP contribution in [0.25, 0.3) is 22.3 Å². The third kappa shape index (κ3) is 4.72. The lowest BCUT2D eigenvalue weighted by atomic mass is 10.1. The molecule has 11 heteroatoms. The minimum atomic E-state index is -0.649. The summed E-state index contributed by atoms with van der Waals surface area (Å²) in [5, 5.41) is 3.02. The van der Waals surface area contributed by atoms with E-state index in [9.17, 15) is 8.78 Å². The Morgan fingerprint density at radius 2 is 1.76 bits per heavy atom. The van der Waals surface area contributed by atoms with Gasteiger partial charge in [0.05, 0.1) is 37.1 Å². The van der Waals surface area contributed by atoms with Crippen LogP contribution in [0, 0.1) is 18.6 Å². The van der Waals surface area contributed by atoms with Gasteiger partial charge in [-0.3, -0.25) is 4.90 Å². The van der Waals surface area contributed by atoms with Crippen LogP contribution in [0.1, 0.15) is 31.3 Å². The molecule has 0 saturated carbocycles. The number of benzene rings is 1. The SMILES string of the molecule is Cc1nc2c(F)cc(-c3nc(Nc4ccc(CN5C[C@@H]6OCCO[C@@H]6C5)cn4)ncc3F)cc2n1C(C)C. The molecule has 2 saturated heterocycles. The lowest BCUT2D eigenvalue weighted by molar-refractivity contribution is -0.116. The number of aryl methyl sites for hydroxylation is 1. The highest BCUT2D eigenvalue weighted by Gasteiger charge is 2.36. The summed E-state index contributed by atoms with van der Waals surface area (Å²) in [7, 11) is 0. The average Bonchev–Trinajstić information content (AvgIpc) is 3.46. The Morgan fingerprint density at radius 1 is 1.00 bits per heavy atom. The number of halogens is 2. The number of aromatic nitrogens is 5. The maximum Gasteiger partial charge on any atom is 0.229 e. The molecule has 1 N–H and O–H groups in total. The van der Waals surface area contributed by atoms with Gasteiger partial charge in [-0.15, -0.1) is 0 Å². The highest BCUT2D eigenvalue weighted by atomic mass is 19.1. The summed E-state index contributed by atoms with van der Waals surface area (Å²) in [4.78, 5) is 19.5. The summed E-state index contributed by atoms with van der Waals surface area (Å²) < 4.78 is 43.3. The van der Waals surface area contributed by atoms with Gasteiger partial charge in [0.15, 0.2) is 11.6 Å². The second-order valence-electron chi connectivity index (χ2n) is 10.0. The van der Waals surface area contributed by atoms with Crippen LogP contribution in [0.5, 0.6) is 0 Å². The lowest BCUT2D eigenvalue weighted by Crippen LogP contribution is -2.36. The lowest BCUT2D eigenvalue weighted by Gasteiger charge is -2.24. The number of likely N-dealkylation sites (tertiary alicyclic amines) is 1. The van der Waals surface area contributed by atoms with E-state index in [0.29, 0.717) is 35.9 Å². The van der Waals surface area contributed by atoms with Gasteiger partial charge in [0.2, 0.25) is 5.95 Å². The Hall–Kier alpha value is -3.54. The number of ether oxygens (including phenoxy) is 2. The molecule has 0 radical (unpaired) electrons. The molecular weight excluding hydrogens is 492 g/mol.